The zero-order chi connectivity index (χ0) is 13.6. The van der Waals surface area contributed by atoms with Crippen LogP contribution in [0.1, 0.15) is 41.5 Å². The maximum atomic E-state index is 5.77. The summed E-state index contributed by atoms with van der Waals surface area (Å²) in [5.74, 6) is 0. The third-order valence-electron chi connectivity index (χ3n) is 4.03. The van der Waals surface area contributed by atoms with Crippen LogP contribution in [-0.2, 0) is 4.74 Å². The van der Waals surface area contributed by atoms with Gasteiger partial charge in [0.2, 0.25) is 0 Å². The van der Waals surface area contributed by atoms with E-state index in [2.05, 4.69) is 51.3 Å². The van der Waals surface area contributed by atoms with Gasteiger partial charge in [0, 0.05) is 37.3 Å². The second kappa shape index (κ2) is 4.77. The Bertz CT molecular complexity index is 276. The number of rotatable bonds is 1. The second-order valence-corrected chi connectivity index (χ2v) is 8.15. The predicted molar refractivity (Wildman–Crippen MR) is 75.9 cm³/mol. The molecule has 2 aliphatic heterocycles. The molecule has 2 atom stereocenters. The second-order valence-electron chi connectivity index (χ2n) is 8.15. The lowest BCUT2D eigenvalue weighted by atomic mass is 9.91. The first-order valence-electron chi connectivity index (χ1n) is 7.25. The highest BCUT2D eigenvalue weighted by molar-refractivity contribution is 4.96. The van der Waals surface area contributed by atoms with E-state index in [0.29, 0.717) is 17.5 Å². The molecule has 0 N–H and O–H groups in total. The number of morpholine rings is 1. The Morgan fingerprint density at radius 1 is 0.944 bits per heavy atom. The summed E-state index contributed by atoms with van der Waals surface area (Å²) in [6.45, 7) is 19.3. The summed E-state index contributed by atoms with van der Waals surface area (Å²) in [7, 11) is 0. The van der Waals surface area contributed by atoms with E-state index in [1.165, 1.54) is 6.54 Å². The summed E-state index contributed by atoms with van der Waals surface area (Å²) in [6.07, 6.45) is 0. The minimum Gasteiger partial charge on any atom is -0.378 e. The normalized spacial score (nSPS) is 31.7. The minimum atomic E-state index is 0.279. The summed E-state index contributed by atoms with van der Waals surface area (Å²) in [5.41, 5.74) is 0.652. The molecular weight excluding hydrogens is 224 g/mol. The SMILES string of the molecule is CC(C)(C)CN1C2COCC1CN(C(C)(C)C)C2. The molecule has 0 saturated carbocycles. The molecule has 2 rings (SSSR count). The van der Waals surface area contributed by atoms with Gasteiger partial charge in [-0.05, 0) is 26.2 Å². The Labute approximate surface area is 112 Å². The van der Waals surface area contributed by atoms with Crippen molar-refractivity contribution in [3.05, 3.63) is 0 Å². The molecule has 0 spiro atoms. The molecule has 18 heavy (non-hydrogen) atoms. The monoisotopic (exact) mass is 254 g/mol. The molecule has 2 fully saturated rings. The molecule has 0 aromatic rings. The zero-order valence-corrected chi connectivity index (χ0v) is 13.0. The summed E-state index contributed by atoms with van der Waals surface area (Å²) in [4.78, 5) is 5.33. The van der Waals surface area contributed by atoms with E-state index in [1.54, 1.807) is 0 Å². The third kappa shape index (κ3) is 3.25. The molecule has 0 aromatic carbocycles. The van der Waals surface area contributed by atoms with Crippen LogP contribution in [0.4, 0.5) is 0 Å². The van der Waals surface area contributed by atoms with E-state index in [4.69, 9.17) is 4.74 Å². The fourth-order valence-electron chi connectivity index (χ4n) is 3.08. The van der Waals surface area contributed by atoms with E-state index >= 15 is 0 Å². The fraction of sp³-hybridized carbons (Fsp3) is 1.00. The average molecular weight is 254 g/mol. The van der Waals surface area contributed by atoms with Crippen molar-refractivity contribution in [2.75, 3.05) is 32.8 Å². The van der Waals surface area contributed by atoms with Crippen molar-refractivity contribution >= 4 is 0 Å². The van der Waals surface area contributed by atoms with Crippen molar-refractivity contribution in [2.24, 2.45) is 5.41 Å². The van der Waals surface area contributed by atoms with Crippen LogP contribution >= 0.6 is 0 Å². The van der Waals surface area contributed by atoms with Crippen LogP contribution in [0.3, 0.4) is 0 Å². The molecular formula is C15H30N2O. The molecule has 0 aliphatic carbocycles. The Morgan fingerprint density at radius 3 is 1.83 bits per heavy atom. The van der Waals surface area contributed by atoms with Crippen LogP contribution < -0.4 is 0 Å². The van der Waals surface area contributed by atoms with Crippen molar-refractivity contribution in [3.8, 4) is 0 Å². The quantitative estimate of drug-likeness (QED) is 0.713. The molecule has 3 nitrogen and oxygen atoms in total. The predicted octanol–water partition coefficient (Wildman–Crippen LogP) is 2.22. The van der Waals surface area contributed by atoms with Crippen LogP contribution in [0.2, 0.25) is 0 Å². The van der Waals surface area contributed by atoms with Crippen LogP contribution in [0, 0.1) is 5.41 Å². The lowest BCUT2D eigenvalue weighted by Gasteiger charge is -2.54. The van der Waals surface area contributed by atoms with Crippen molar-refractivity contribution in [1.82, 2.24) is 9.80 Å². The smallest absolute Gasteiger partial charge is 0.0635 e. The maximum Gasteiger partial charge on any atom is 0.0635 e. The van der Waals surface area contributed by atoms with E-state index in [1.807, 2.05) is 0 Å². The fourth-order valence-corrected chi connectivity index (χ4v) is 3.08. The summed E-state index contributed by atoms with van der Waals surface area (Å²) >= 11 is 0. The van der Waals surface area contributed by atoms with E-state index < -0.39 is 0 Å². The van der Waals surface area contributed by atoms with Gasteiger partial charge in [-0.3, -0.25) is 9.80 Å². The van der Waals surface area contributed by atoms with Crippen LogP contribution in [-0.4, -0.2) is 60.3 Å². The van der Waals surface area contributed by atoms with Crippen LogP contribution in [0.5, 0.6) is 0 Å². The lowest BCUT2D eigenvalue weighted by molar-refractivity contribution is -0.122. The Kier molecular flexibility index (Phi) is 3.79. The first kappa shape index (κ1) is 14.3. The highest BCUT2D eigenvalue weighted by Crippen LogP contribution is 2.29. The highest BCUT2D eigenvalue weighted by atomic mass is 16.5. The number of nitrogens with zero attached hydrogens (tertiary/aromatic N) is 2. The topological polar surface area (TPSA) is 15.7 Å². The molecule has 0 amide bonds. The van der Waals surface area contributed by atoms with Gasteiger partial charge >= 0.3 is 0 Å². The van der Waals surface area contributed by atoms with Gasteiger partial charge in [-0.1, -0.05) is 20.8 Å². The molecule has 2 aliphatic rings. The first-order chi connectivity index (χ1) is 8.17. The van der Waals surface area contributed by atoms with Gasteiger partial charge in [0.15, 0.2) is 0 Å². The van der Waals surface area contributed by atoms with E-state index in [9.17, 15) is 0 Å². The largest absolute Gasteiger partial charge is 0.378 e. The third-order valence-corrected chi connectivity index (χ3v) is 4.03. The van der Waals surface area contributed by atoms with Gasteiger partial charge in [-0.2, -0.15) is 0 Å². The molecule has 0 radical (unpaired) electrons. The summed E-state index contributed by atoms with van der Waals surface area (Å²) in [6, 6.07) is 1.16. The minimum absolute atomic E-state index is 0.279. The van der Waals surface area contributed by atoms with Crippen molar-refractivity contribution in [2.45, 2.75) is 59.2 Å². The van der Waals surface area contributed by atoms with Crippen molar-refractivity contribution in [3.63, 3.8) is 0 Å². The zero-order valence-electron chi connectivity index (χ0n) is 13.0. The summed E-state index contributed by atoms with van der Waals surface area (Å²) < 4.78 is 5.77. The number of ether oxygens (including phenoxy) is 1. The molecule has 2 saturated heterocycles. The molecule has 2 bridgehead atoms. The van der Waals surface area contributed by atoms with Crippen LogP contribution in [0.25, 0.3) is 0 Å². The molecule has 0 aromatic heterocycles. The van der Waals surface area contributed by atoms with Gasteiger partial charge in [-0.15, -0.1) is 0 Å². The van der Waals surface area contributed by atoms with Gasteiger partial charge in [0.05, 0.1) is 13.2 Å². The van der Waals surface area contributed by atoms with Crippen LogP contribution in [0.15, 0.2) is 0 Å². The molecule has 106 valence electrons. The number of fused-ring (bicyclic) bond motifs is 2. The lowest BCUT2D eigenvalue weighted by Crippen LogP contribution is -2.68. The number of piperazine rings is 1. The number of hydrogen-bond donors (Lipinski definition) is 0. The standard InChI is InChI=1S/C15H30N2O/c1-14(2,3)11-17-12-7-16(15(4,5)6)8-13(17)10-18-9-12/h12-13H,7-11H2,1-6H3. The van der Waals surface area contributed by atoms with Gasteiger partial charge in [0.1, 0.15) is 0 Å². The maximum absolute atomic E-state index is 5.77. The van der Waals surface area contributed by atoms with Crippen molar-refractivity contribution < 1.29 is 4.74 Å². The Balaban J connectivity index is 2.08. The van der Waals surface area contributed by atoms with E-state index in [-0.39, 0.29) is 5.54 Å². The molecule has 2 unspecified atom stereocenters. The molecule has 2 heterocycles. The Morgan fingerprint density at radius 2 is 1.44 bits per heavy atom. The number of hydrogen-bond acceptors (Lipinski definition) is 3. The highest BCUT2D eigenvalue weighted by Gasteiger charge is 2.41. The van der Waals surface area contributed by atoms with E-state index in [0.717, 1.165) is 26.3 Å². The van der Waals surface area contributed by atoms with Gasteiger partial charge in [-0.25, -0.2) is 0 Å². The average Bonchev–Trinajstić information content (AvgIpc) is 2.11. The Hall–Kier alpha value is -0.120. The first-order valence-corrected chi connectivity index (χ1v) is 7.25. The molecule has 3 heteroatoms. The summed E-state index contributed by atoms with van der Waals surface area (Å²) in [5, 5.41) is 0. The van der Waals surface area contributed by atoms with Gasteiger partial charge in [0.25, 0.3) is 0 Å². The van der Waals surface area contributed by atoms with Crippen molar-refractivity contribution in [1.29, 1.82) is 0 Å². The van der Waals surface area contributed by atoms with Gasteiger partial charge < -0.3 is 4.74 Å².